The van der Waals surface area contributed by atoms with E-state index >= 15 is 0 Å². The molecule has 17 heteroatoms. The summed E-state index contributed by atoms with van der Waals surface area (Å²) in [7, 11) is 0. The van der Waals surface area contributed by atoms with Crippen LogP contribution in [0.5, 0.6) is 0 Å². The number of nitrogens with two attached hydrogens (primary N) is 4. The average molecular weight is 503 g/mol. The van der Waals surface area contributed by atoms with Crippen LogP contribution in [-0.2, 0) is 38.4 Å². The van der Waals surface area contributed by atoms with Crippen molar-refractivity contribution in [2.45, 2.75) is 62.7 Å². The number of carboxylic acids is 2. The lowest BCUT2D eigenvalue weighted by Gasteiger charge is -2.24. The molecule has 0 aromatic rings. The van der Waals surface area contributed by atoms with Gasteiger partial charge in [0.05, 0.1) is 18.9 Å². The summed E-state index contributed by atoms with van der Waals surface area (Å²) in [5.74, 6) is -9.05. The van der Waals surface area contributed by atoms with Gasteiger partial charge in [0.2, 0.25) is 35.4 Å². The van der Waals surface area contributed by atoms with Crippen LogP contribution in [0, 0.1) is 0 Å². The molecular weight excluding hydrogens is 474 g/mol. The van der Waals surface area contributed by atoms with Gasteiger partial charge in [-0.3, -0.25) is 33.6 Å². The molecule has 0 radical (unpaired) electrons. The first-order valence-electron chi connectivity index (χ1n) is 10.1. The van der Waals surface area contributed by atoms with E-state index in [-0.39, 0.29) is 6.42 Å². The Bertz CT molecular complexity index is 863. The van der Waals surface area contributed by atoms with E-state index in [1.807, 2.05) is 5.32 Å². The lowest BCUT2D eigenvalue weighted by atomic mass is 10.1. The van der Waals surface area contributed by atoms with Gasteiger partial charge in [0.15, 0.2) is 0 Å². The highest BCUT2D eigenvalue weighted by Crippen LogP contribution is 2.04. The van der Waals surface area contributed by atoms with Gasteiger partial charge >= 0.3 is 11.9 Å². The van der Waals surface area contributed by atoms with Crippen molar-refractivity contribution in [2.24, 2.45) is 22.9 Å². The highest BCUT2D eigenvalue weighted by molar-refractivity contribution is 5.96. The molecule has 17 nitrogen and oxygen atoms in total. The Balaban J connectivity index is 5.60. The van der Waals surface area contributed by atoms with Crippen LogP contribution in [-0.4, -0.2) is 81.8 Å². The van der Waals surface area contributed by atoms with E-state index in [4.69, 9.17) is 28.0 Å². The number of hydrogen-bond acceptors (Lipinski definition) is 9. The zero-order chi connectivity index (χ0) is 27.3. The molecule has 0 aliphatic heterocycles. The largest absolute Gasteiger partial charge is 0.481 e. The minimum atomic E-state index is -1.82. The fourth-order valence-electron chi connectivity index (χ4n) is 2.62. The summed E-state index contributed by atoms with van der Waals surface area (Å²) in [6.07, 6.45) is -3.15. The maximum absolute atomic E-state index is 12.7. The SMILES string of the molecule is NC(=O)CCC(NC(=O)C(CC(=O)O)NC(=O)C(CCC(N)=O)NC(=O)C(N)CC(N)=O)C(=O)O. The average Bonchev–Trinajstić information content (AvgIpc) is 2.71. The van der Waals surface area contributed by atoms with E-state index in [2.05, 4.69) is 10.6 Å². The predicted octanol–water partition coefficient (Wildman–Crippen LogP) is -5.27. The van der Waals surface area contributed by atoms with Crippen molar-refractivity contribution < 1.29 is 48.6 Å². The predicted molar refractivity (Wildman–Crippen MR) is 114 cm³/mol. The Labute approximate surface area is 198 Å². The zero-order valence-electron chi connectivity index (χ0n) is 18.5. The molecule has 0 saturated carbocycles. The minimum absolute atomic E-state index is 0.381. The van der Waals surface area contributed by atoms with Crippen LogP contribution in [0.25, 0.3) is 0 Å². The second-order valence-corrected chi connectivity index (χ2v) is 7.41. The molecule has 0 heterocycles. The monoisotopic (exact) mass is 503 g/mol. The number of primary amides is 3. The molecule has 6 amide bonds. The van der Waals surface area contributed by atoms with Crippen LogP contribution < -0.4 is 38.9 Å². The first-order chi connectivity index (χ1) is 16.1. The summed E-state index contributed by atoms with van der Waals surface area (Å²) in [5, 5.41) is 24.5. The van der Waals surface area contributed by atoms with Gasteiger partial charge < -0.3 is 49.1 Å². The Morgan fingerprint density at radius 3 is 1.46 bits per heavy atom. The number of nitrogens with one attached hydrogen (secondary N) is 3. The highest BCUT2D eigenvalue weighted by atomic mass is 16.4. The maximum atomic E-state index is 12.7. The number of amides is 6. The number of aliphatic carboxylic acids is 2. The van der Waals surface area contributed by atoms with Crippen LogP contribution in [0.2, 0.25) is 0 Å². The second-order valence-electron chi connectivity index (χ2n) is 7.41. The van der Waals surface area contributed by atoms with Gasteiger partial charge in [-0.2, -0.15) is 0 Å². The molecule has 4 atom stereocenters. The quantitative estimate of drug-likeness (QED) is 0.0902. The van der Waals surface area contributed by atoms with Crippen molar-refractivity contribution in [1.82, 2.24) is 16.0 Å². The minimum Gasteiger partial charge on any atom is -0.481 e. The first-order valence-corrected chi connectivity index (χ1v) is 10.1. The summed E-state index contributed by atoms with van der Waals surface area (Å²) >= 11 is 0. The second kappa shape index (κ2) is 14.8. The van der Waals surface area contributed by atoms with Gasteiger partial charge in [0.25, 0.3) is 0 Å². The van der Waals surface area contributed by atoms with Gasteiger partial charge in [0, 0.05) is 12.8 Å². The molecule has 0 spiro atoms. The number of hydrogen-bond donors (Lipinski definition) is 9. The van der Waals surface area contributed by atoms with Crippen molar-refractivity contribution >= 4 is 47.4 Å². The molecule has 13 N–H and O–H groups in total. The molecule has 0 aliphatic rings. The van der Waals surface area contributed by atoms with Crippen molar-refractivity contribution in [3.05, 3.63) is 0 Å². The molecule has 196 valence electrons. The highest BCUT2D eigenvalue weighted by Gasteiger charge is 2.32. The summed E-state index contributed by atoms with van der Waals surface area (Å²) < 4.78 is 0. The smallest absolute Gasteiger partial charge is 0.326 e. The lowest BCUT2D eigenvalue weighted by Crippen LogP contribution is -2.57. The topological polar surface area (TPSA) is 317 Å². The number of carbonyl (C=O) groups excluding carboxylic acids is 6. The van der Waals surface area contributed by atoms with Crippen LogP contribution in [0.4, 0.5) is 0 Å². The number of carboxylic acid groups (broad SMARTS) is 2. The van der Waals surface area contributed by atoms with Crippen molar-refractivity contribution in [2.75, 3.05) is 0 Å². The third kappa shape index (κ3) is 13.1. The van der Waals surface area contributed by atoms with E-state index in [9.17, 15) is 43.5 Å². The fourth-order valence-corrected chi connectivity index (χ4v) is 2.62. The van der Waals surface area contributed by atoms with Crippen molar-refractivity contribution in [3.8, 4) is 0 Å². The van der Waals surface area contributed by atoms with Crippen LogP contribution >= 0.6 is 0 Å². The maximum Gasteiger partial charge on any atom is 0.326 e. The zero-order valence-corrected chi connectivity index (χ0v) is 18.5. The molecule has 35 heavy (non-hydrogen) atoms. The van der Waals surface area contributed by atoms with Gasteiger partial charge in [-0.25, -0.2) is 4.79 Å². The molecule has 0 aliphatic carbocycles. The molecule has 0 fully saturated rings. The molecule has 0 rings (SSSR count). The van der Waals surface area contributed by atoms with Crippen molar-refractivity contribution in [3.63, 3.8) is 0 Å². The fraction of sp³-hybridized carbons (Fsp3) is 0.556. The summed E-state index contributed by atoms with van der Waals surface area (Å²) in [5.41, 5.74) is 20.5. The molecule has 4 unspecified atom stereocenters. The first kappa shape index (κ1) is 30.7. The Morgan fingerprint density at radius 1 is 0.600 bits per heavy atom. The normalized spacial score (nSPS) is 13.9. The Kier molecular flexibility index (Phi) is 13.0. The van der Waals surface area contributed by atoms with Crippen LogP contribution in [0.1, 0.15) is 38.5 Å². The summed E-state index contributed by atoms with van der Waals surface area (Å²) in [4.78, 5) is 92.9. The van der Waals surface area contributed by atoms with E-state index in [0.29, 0.717) is 0 Å². The van der Waals surface area contributed by atoms with E-state index in [1.54, 1.807) is 0 Å². The third-order valence-electron chi connectivity index (χ3n) is 4.38. The third-order valence-corrected chi connectivity index (χ3v) is 4.38. The summed E-state index contributed by atoms with van der Waals surface area (Å²) in [6.45, 7) is 0. The molecule has 0 saturated heterocycles. The Hall–Kier alpha value is -4.28. The molecule has 0 aromatic carbocycles. The molecule has 0 bridgehead atoms. The molecule has 0 aromatic heterocycles. The Morgan fingerprint density at radius 2 is 1.03 bits per heavy atom. The van der Waals surface area contributed by atoms with Gasteiger partial charge in [-0.1, -0.05) is 0 Å². The van der Waals surface area contributed by atoms with Gasteiger partial charge in [0.1, 0.15) is 18.1 Å². The number of rotatable bonds is 17. The van der Waals surface area contributed by atoms with Crippen LogP contribution in [0.15, 0.2) is 0 Å². The van der Waals surface area contributed by atoms with Gasteiger partial charge in [-0.15, -0.1) is 0 Å². The lowest BCUT2D eigenvalue weighted by molar-refractivity contribution is -0.143. The number of carbonyl (C=O) groups is 8. The standard InChI is InChI=1S/C18H29N7O10/c19-7(5-13(22)28)15(31)23-8(1-3-11(20)26)16(32)25-10(6-14(29)30)17(33)24-9(18(34)35)2-4-12(21)27/h7-10H,1-6,19H2,(H2,20,26)(H2,21,27)(H2,22,28)(H,23,31)(H,24,33)(H,25,32)(H,29,30)(H,34,35). The van der Waals surface area contributed by atoms with Crippen molar-refractivity contribution in [1.29, 1.82) is 0 Å². The summed E-state index contributed by atoms with van der Waals surface area (Å²) in [6, 6.07) is -6.43. The van der Waals surface area contributed by atoms with E-state index in [1.165, 1.54) is 0 Å². The molecular formula is C18H29N7O10. The van der Waals surface area contributed by atoms with Crippen LogP contribution in [0.3, 0.4) is 0 Å². The van der Waals surface area contributed by atoms with Gasteiger partial charge in [-0.05, 0) is 12.8 Å². The van der Waals surface area contributed by atoms with E-state index in [0.717, 1.165) is 0 Å². The van der Waals surface area contributed by atoms with E-state index < -0.39 is 104 Å².